The summed E-state index contributed by atoms with van der Waals surface area (Å²) >= 11 is 1.47. The van der Waals surface area contributed by atoms with Crippen LogP contribution in [0, 0.1) is 0 Å². The predicted molar refractivity (Wildman–Crippen MR) is 92.2 cm³/mol. The number of ether oxygens (including phenoxy) is 1. The summed E-state index contributed by atoms with van der Waals surface area (Å²) in [7, 11) is 1.47. The number of nitrogens with zero attached hydrogens (tertiary/aromatic N) is 1. The Morgan fingerprint density at radius 3 is 2.74 bits per heavy atom. The molecule has 5 nitrogen and oxygen atoms in total. The van der Waals surface area contributed by atoms with Gasteiger partial charge in [-0.1, -0.05) is 18.2 Å². The first-order chi connectivity index (χ1) is 11.1. The van der Waals surface area contributed by atoms with E-state index in [4.69, 9.17) is 4.74 Å². The number of phenolic OH excluding ortho intramolecular Hbond substituents is 1. The fraction of sp³-hybridized carbons (Fsp3) is 0.176. The van der Waals surface area contributed by atoms with E-state index in [0.29, 0.717) is 11.3 Å². The predicted octanol–water partition coefficient (Wildman–Crippen LogP) is 3.03. The van der Waals surface area contributed by atoms with E-state index in [-0.39, 0.29) is 16.9 Å². The third-order valence-electron chi connectivity index (χ3n) is 3.02. The SMILES string of the molecule is COc1cc(/C=N\NC(=O)[C@@H](C)Sc2ccccc2)ccc1O. The minimum Gasteiger partial charge on any atom is -0.504 e. The monoisotopic (exact) mass is 330 g/mol. The molecular weight excluding hydrogens is 312 g/mol. The van der Waals surface area contributed by atoms with E-state index >= 15 is 0 Å². The quantitative estimate of drug-likeness (QED) is 0.485. The zero-order chi connectivity index (χ0) is 16.7. The summed E-state index contributed by atoms with van der Waals surface area (Å²) in [6.45, 7) is 1.83. The third kappa shape index (κ3) is 5.03. The smallest absolute Gasteiger partial charge is 0.253 e. The van der Waals surface area contributed by atoms with Gasteiger partial charge in [0.1, 0.15) is 0 Å². The molecule has 23 heavy (non-hydrogen) atoms. The van der Waals surface area contributed by atoms with Crippen molar-refractivity contribution >= 4 is 23.9 Å². The summed E-state index contributed by atoms with van der Waals surface area (Å²) in [5, 5.41) is 13.2. The van der Waals surface area contributed by atoms with Gasteiger partial charge in [-0.05, 0) is 42.8 Å². The van der Waals surface area contributed by atoms with Crippen LogP contribution >= 0.6 is 11.8 Å². The normalized spacial score (nSPS) is 12.1. The van der Waals surface area contributed by atoms with Gasteiger partial charge in [0.2, 0.25) is 0 Å². The Balaban J connectivity index is 1.90. The molecule has 0 aliphatic rings. The molecule has 0 spiro atoms. The van der Waals surface area contributed by atoms with Gasteiger partial charge in [0.05, 0.1) is 18.6 Å². The van der Waals surface area contributed by atoms with E-state index < -0.39 is 0 Å². The number of nitrogens with one attached hydrogen (secondary N) is 1. The van der Waals surface area contributed by atoms with Crippen LogP contribution in [0.25, 0.3) is 0 Å². The van der Waals surface area contributed by atoms with Crippen molar-refractivity contribution in [3.05, 3.63) is 54.1 Å². The number of hydrogen-bond donors (Lipinski definition) is 2. The van der Waals surface area contributed by atoms with E-state index in [2.05, 4.69) is 10.5 Å². The number of amides is 1. The summed E-state index contributed by atoms with van der Waals surface area (Å²) in [6.07, 6.45) is 1.50. The Labute approximate surface area is 139 Å². The molecule has 0 aromatic heterocycles. The first-order valence-corrected chi connectivity index (χ1v) is 7.89. The van der Waals surface area contributed by atoms with Gasteiger partial charge in [0, 0.05) is 4.90 Å². The number of hydrazone groups is 1. The molecule has 1 atom stereocenters. The highest BCUT2D eigenvalue weighted by atomic mass is 32.2. The minimum absolute atomic E-state index is 0.0570. The van der Waals surface area contributed by atoms with Crippen LogP contribution in [0.3, 0.4) is 0 Å². The molecule has 0 aliphatic heterocycles. The molecule has 0 heterocycles. The molecule has 1 amide bonds. The maximum Gasteiger partial charge on any atom is 0.253 e. The number of carbonyl (C=O) groups is 1. The van der Waals surface area contributed by atoms with E-state index in [1.807, 2.05) is 37.3 Å². The van der Waals surface area contributed by atoms with Gasteiger partial charge in [-0.3, -0.25) is 4.79 Å². The molecule has 0 bridgehead atoms. The number of carbonyl (C=O) groups excluding carboxylic acids is 1. The van der Waals surface area contributed by atoms with Crippen molar-refractivity contribution in [2.24, 2.45) is 5.10 Å². The van der Waals surface area contributed by atoms with E-state index in [1.165, 1.54) is 31.2 Å². The van der Waals surface area contributed by atoms with Gasteiger partial charge in [0.15, 0.2) is 11.5 Å². The Kier molecular flexibility index (Phi) is 6.05. The summed E-state index contributed by atoms with van der Waals surface area (Å²) in [5.74, 6) is 0.232. The van der Waals surface area contributed by atoms with Gasteiger partial charge in [-0.2, -0.15) is 5.10 Å². The zero-order valence-corrected chi connectivity index (χ0v) is 13.7. The second-order valence-corrected chi connectivity index (χ2v) is 6.15. The fourth-order valence-electron chi connectivity index (χ4n) is 1.79. The molecule has 0 saturated heterocycles. The fourth-order valence-corrected chi connectivity index (χ4v) is 2.67. The molecule has 0 fully saturated rings. The van der Waals surface area contributed by atoms with Gasteiger partial charge in [0.25, 0.3) is 5.91 Å². The first-order valence-electron chi connectivity index (χ1n) is 7.02. The molecule has 0 radical (unpaired) electrons. The van der Waals surface area contributed by atoms with Crippen molar-refractivity contribution in [3.8, 4) is 11.5 Å². The van der Waals surface area contributed by atoms with Crippen LogP contribution in [0.1, 0.15) is 12.5 Å². The Hall–Kier alpha value is -2.47. The first kappa shape index (κ1) is 16.9. The van der Waals surface area contributed by atoms with Crippen LogP contribution in [0.2, 0.25) is 0 Å². The number of hydrogen-bond acceptors (Lipinski definition) is 5. The van der Waals surface area contributed by atoms with Crippen molar-refractivity contribution in [1.82, 2.24) is 5.43 Å². The lowest BCUT2D eigenvalue weighted by molar-refractivity contribution is -0.120. The molecule has 2 aromatic rings. The van der Waals surface area contributed by atoms with Gasteiger partial charge < -0.3 is 9.84 Å². The largest absolute Gasteiger partial charge is 0.504 e. The van der Waals surface area contributed by atoms with Crippen molar-refractivity contribution in [3.63, 3.8) is 0 Å². The molecule has 2 N–H and O–H groups in total. The second kappa shape index (κ2) is 8.24. The average Bonchev–Trinajstić information content (AvgIpc) is 2.57. The minimum atomic E-state index is -0.260. The van der Waals surface area contributed by atoms with Crippen LogP contribution in [0.4, 0.5) is 0 Å². The molecule has 120 valence electrons. The number of thioether (sulfide) groups is 1. The lowest BCUT2D eigenvalue weighted by atomic mass is 10.2. The highest BCUT2D eigenvalue weighted by Gasteiger charge is 2.13. The van der Waals surface area contributed by atoms with Gasteiger partial charge >= 0.3 is 0 Å². The summed E-state index contributed by atoms with van der Waals surface area (Å²) in [6, 6.07) is 14.5. The molecule has 6 heteroatoms. The summed E-state index contributed by atoms with van der Waals surface area (Å²) < 4.78 is 5.02. The number of aromatic hydroxyl groups is 1. The van der Waals surface area contributed by atoms with E-state index in [0.717, 1.165) is 4.90 Å². The van der Waals surface area contributed by atoms with Crippen molar-refractivity contribution in [2.45, 2.75) is 17.1 Å². The van der Waals surface area contributed by atoms with Crippen molar-refractivity contribution in [1.29, 1.82) is 0 Å². The number of rotatable bonds is 6. The Morgan fingerprint density at radius 2 is 2.04 bits per heavy atom. The molecular formula is C17H18N2O3S. The van der Waals surface area contributed by atoms with Crippen LogP contribution in [-0.2, 0) is 4.79 Å². The van der Waals surface area contributed by atoms with E-state index in [9.17, 15) is 9.90 Å². The zero-order valence-electron chi connectivity index (χ0n) is 12.9. The Bertz CT molecular complexity index is 689. The second-order valence-electron chi connectivity index (χ2n) is 4.74. The maximum atomic E-state index is 12.0. The maximum absolute atomic E-state index is 12.0. The number of methoxy groups -OCH3 is 1. The van der Waals surface area contributed by atoms with Crippen LogP contribution < -0.4 is 10.2 Å². The Morgan fingerprint density at radius 1 is 1.30 bits per heavy atom. The van der Waals surface area contributed by atoms with Crippen LogP contribution in [0.15, 0.2) is 58.5 Å². The molecule has 2 aromatic carbocycles. The summed E-state index contributed by atoms with van der Waals surface area (Å²) in [4.78, 5) is 13.0. The van der Waals surface area contributed by atoms with Crippen molar-refractivity contribution in [2.75, 3.05) is 7.11 Å². The van der Waals surface area contributed by atoms with Crippen molar-refractivity contribution < 1.29 is 14.6 Å². The number of phenols is 1. The topological polar surface area (TPSA) is 70.9 Å². The van der Waals surface area contributed by atoms with Gasteiger partial charge in [-0.25, -0.2) is 5.43 Å². The number of benzene rings is 2. The highest BCUT2D eigenvalue weighted by Crippen LogP contribution is 2.25. The molecule has 0 unspecified atom stereocenters. The highest BCUT2D eigenvalue weighted by molar-refractivity contribution is 8.00. The standard InChI is InChI=1S/C17H18N2O3S/c1-12(23-14-6-4-3-5-7-14)17(21)19-18-11-13-8-9-15(20)16(10-13)22-2/h3-12,20H,1-2H3,(H,19,21)/b18-11-/t12-/m1/s1. The summed E-state index contributed by atoms with van der Waals surface area (Å²) in [5.41, 5.74) is 3.22. The molecule has 2 rings (SSSR count). The lowest BCUT2D eigenvalue weighted by Crippen LogP contribution is -2.26. The average molecular weight is 330 g/mol. The molecule has 0 aliphatic carbocycles. The molecule has 0 saturated carbocycles. The lowest BCUT2D eigenvalue weighted by Gasteiger charge is -2.09. The van der Waals surface area contributed by atoms with Crippen LogP contribution in [-0.4, -0.2) is 29.6 Å². The van der Waals surface area contributed by atoms with E-state index in [1.54, 1.807) is 12.1 Å². The van der Waals surface area contributed by atoms with Crippen LogP contribution in [0.5, 0.6) is 11.5 Å². The third-order valence-corrected chi connectivity index (χ3v) is 4.13. The van der Waals surface area contributed by atoms with Gasteiger partial charge in [-0.15, -0.1) is 11.8 Å².